The van der Waals surface area contributed by atoms with E-state index >= 15 is 0 Å². The van der Waals surface area contributed by atoms with Crippen LogP contribution < -0.4 is 5.32 Å². The minimum absolute atomic E-state index is 0.155. The maximum Gasteiger partial charge on any atom is 0.0693 e. The minimum Gasteiger partial charge on any atom is -0.392 e. The molecule has 1 aliphatic rings. The van der Waals surface area contributed by atoms with E-state index in [4.69, 9.17) is 0 Å². The third-order valence-corrected chi connectivity index (χ3v) is 4.56. The molecule has 0 radical (unpaired) electrons. The van der Waals surface area contributed by atoms with Crippen LogP contribution in [-0.2, 0) is 0 Å². The molecule has 1 saturated carbocycles. The average molecular weight is 239 g/mol. The van der Waals surface area contributed by atoms with Crippen LogP contribution in [0.5, 0.6) is 0 Å². The van der Waals surface area contributed by atoms with E-state index in [-0.39, 0.29) is 12.1 Å². The fraction of sp³-hybridized carbons (Fsp3) is 0.692. The molecule has 2 N–H and O–H groups in total. The largest absolute Gasteiger partial charge is 0.392 e. The summed E-state index contributed by atoms with van der Waals surface area (Å²) in [6, 6.07) is 4.99. The molecule has 90 valence electrons. The van der Waals surface area contributed by atoms with Crippen molar-refractivity contribution in [1.82, 2.24) is 5.32 Å². The summed E-state index contributed by atoms with van der Waals surface area (Å²) in [5.74, 6) is 0. The first-order valence-electron chi connectivity index (χ1n) is 6.17. The van der Waals surface area contributed by atoms with E-state index in [1.165, 1.54) is 22.6 Å². The van der Waals surface area contributed by atoms with Crippen molar-refractivity contribution in [2.45, 2.75) is 57.7 Å². The zero-order valence-electron chi connectivity index (χ0n) is 10.1. The SMILES string of the molecule is Cc1ccc(C(C)N[C@H]2CCCC[C@@H]2O)s1. The molecule has 0 spiro atoms. The normalized spacial score (nSPS) is 27.9. The summed E-state index contributed by atoms with van der Waals surface area (Å²) in [5, 5.41) is 13.5. The lowest BCUT2D eigenvalue weighted by atomic mass is 9.92. The van der Waals surface area contributed by atoms with Crippen LogP contribution in [0.15, 0.2) is 12.1 Å². The van der Waals surface area contributed by atoms with Crippen molar-refractivity contribution in [3.8, 4) is 0 Å². The number of hydrogen-bond donors (Lipinski definition) is 2. The highest BCUT2D eigenvalue weighted by Crippen LogP contribution is 2.25. The number of nitrogens with one attached hydrogen (secondary N) is 1. The first-order chi connectivity index (χ1) is 7.66. The van der Waals surface area contributed by atoms with Crippen LogP contribution in [0.4, 0.5) is 0 Å². The smallest absolute Gasteiger partial charge is 0.0693 e. The second-order valence-electron chi connectivity index (χ2n) is 4.80. The fourth-order valence-electron chi connectivity index (χ4n) is 2.40. The zero-order chi connectivity index (χ0) is 11.5. The molecular weight excluding hydrogens is 218 g/mol. The predicted molar refractivity (Wildman–Crippen MR) is 68.9 cm³/mol. The molecule has 0 saturated heterocycles. The summed E-state index contributed by atoms with van der Waals surface area (Å²) >= 11 is 1.84. The molecule has 0 aliphatic heterocycles. The highest BCUT2D eigenvalue weighted by molar-refractivity contribution is 7.12. The van der Waals surface area contributed by atoms with Crippen molar-refractivity contribution in [1.29, 1.82) is 0 Å². The molecule has 1 unspecified atom stereocenters. The van der Waals surface area contributed by atoms with Gasteiger partial charge in [-0.1, -0.05) is 12.8 Å². The number of thiophene rings is 1. The summed E-state index contributed by atoms with van der Waals surface area (Å²) in [6.45, 7) is 4.32. The molecule has 1 fully saturated rings. The van der Waals surface area contributed by atoms with Crippen molar-refractivity contribution >= 4 is 11.3 Å². The molecule has 16 heavy (non-hydrogen) atoms. The third kappa shape index (κ3) is 2.84. The summed E-state index contributed by atoms with van der Waals surface area (Å²) < 4.78 is 0. The molecule has 3 heteroatoms. The first kappa shape index (κ1) is 12.1. The van der Waals surface area contributed by atoms with Crippen LogP contribution in [-0.4, -0.2) is 17.3 Å². The van der Waals surface area contributed by atoms with Crippen LogP contribution >= 0.6 is 11.3 Å². The summed E-state index contributed by atoms with van der Waals surface area (Å²) in [6.07, 6.45) is 4.32. The van der Waals surface area contributed by atoms with Gasteiger partial charge in [0.2, 0.25) is 0 Å². The van der Waals surface area contributed by atoms with Gasteiger partial charge in [-0.3, -0.25) is 0 Å². The maximum atomic E-state index is 9.91. The Morgan fingerprint density at radius 2 is 2.12 bits per heavy atom. The second-order valence-corrected chi connectivity index (χ2v) is 6.11. The Kier molecular flexibility index (Phi) is 4.00. The molecule has 1 aliphatic carbocycles. The topological polar surface area (TPSA) is 32.3 Å². The van der Waals surface area contributed by atoms with Gasteiger partial charge in [-0.05, 0) is 38.8 Å². The van der Waals surface area contributed by atoms with Gasteiger partial charge in [-0.25, -0.2) is 0 Å². The van der Waals surface area contributed by atoms with E-state index in [1.807, 2.05) is 11.3 Å². The van der Waals surface area contributed by atoms with Crippen molar-refractivity contribution < 1.29 is 5.11 Å². The Bertz CT molecular complexity index is 336. The van der Waals surface area contributed by atoms with Crippen LogP contribution in [0.1, 0.15) is 48.4 Å². The molecular formula is C13H21NOS. The highest BCUT2D eigenvalue weighted by atomic mass is 32.1. The van der Waals surface area contributed by atoms with Crippen LogP contribution in [0.25, 0.3) is 0 Å². The number of hydrogen-bond acceptors (Lipinski definition) is 3. The zero-order valence-corrected chi connectivity index (χ0v) is 10.9. The molecule has 0 amide bonds. The van der Waals surface area contributed by atoms with Gasteiger partial charge < -0.3 is 10.4 Å². The van der Waals surface area contributed by atoms with Gasteiger partial charge >= 0.3 is 0 Å². The van der Waals surface area contributed by atoms with Crippen molar-refractivity contribution in [3.05, 3.63) is 21.9 Å². The maximum absolute atomic E-state index is 9.91. The summed E-state index contributed by atoms with van der Waals surface area (Å²) in [4.78, 5) is 2.73. The van der Waals surface area contributed by atoms with Gasteiger partial charge in [-0.2, -0.15) is 0 Å². The van der Waals surface area contributed by atoms with Crippen LogP contribution in [0.2, 0.25) is 0 Å². The first-order valence-corrected chi connectivity index (χ1v) is 6.99. The van der Waals surface area contributed by atoms with Crippen molar-refractivity contribution in [2.75, 3.05) is 0 Å². The van der Waals surface area contributed by atoms with E-state index in [1.54, 1.807) is 0 Å². The second kappa shape index (κ2) is 5.30. The Morgan fingerprint density at radius 1 is 1.38 bits per heavy atom. The molecule has 1 aromatic heterocycles. The Hall–Kier alpha value is -0.380. The van der Waals surface area contributed by atoms with E-state index in [0.717, 1.165) is 12.8 Å². The number of aryl methyl sites for hydroxylation is 1. The molecule has 0 bridgehead atoms. The molecule has 2 nitrogen and oxygen atoms in total. The summed E-state index contributed by atoms with van der Waals surface area (Å²) in [7, 11) is 0. The monoisotopic (exact) mass is 239 g/mol. The molecule has 3 atom stereocenters. The third-order valence-electron chi connectivity index (χ3n) is 3.38. The highest BCUT2D eigenvalue weighted by Gasteiger charge is 2.24. The lowest BCUT2D eigenvalue weighted by Gasteiger charge is -2.30. The van der Waals surface area contributed by atoms with E-state index in [2.05, 4.69) is 31.3 Å². The van der Waals surface area contributed by atoms with Crippen LogP contribution in [0.3, 0.4) is 0 Å². The standard InChI is InChI=1S/C13H21NOS/c1-9-7-8-13(16-9)10(2)14-11-5-3-4-6-12(11)15/h7-8,10-12,14-15H,3-6H2,1-2H3/t10?,11-,12-/m0/s1. The Labute approximate surface area is 102 Å². The number of aliphatic hydroxyl groups is 1. The van der Waals surface area contributed by atoms with Crippen molar-refractivity contribution in [2.24, 2.45) is 0 Å². The van der Waals surface area contributed by atoms with E-state index in [9.17, 15) is 5.11 Å². The lowest BCUT2D eigenvalue weighted by Crippen LogP contribution is -2.42. The number of rotatable bonds is 3. The molecule has 0 aromatic carbocycles. The predicted octanol–water partition coefficient (Wildman–Crippen LogP) is 3.01. The Morgan fingerprint density at radius 3 is 2.75 bits per heavy atom. The lowest BCUT2D eigenvalue weighted by molar-refractivity contribution is 0.0862. The quantitative estimate of drug-likeness (QED) is 0.850. The number of aliphatic hydroxyl groups excluding tert-OH is 1. The van der Waals surface area contributed by atoms with Gasteiger partial charge in [0.1, 0.15) is 0 Å². The Balaban J connectivity index is 1.93. The molecule has 2 rings (SSSR count). The molecule has 1 heterocycles. The van der Waals surface area contributed by atoms with Gasteiger partial charge in [0.25, 0.3) is 0 Å². The van der Waals surface area contributed by atoms with Gasteiger partial charge in [0.05, 0.1) is 6.10 Å². The summed E-state index contributed by atoms with van der Waals surface area (Å²) in [5.41, 5.74) is 0. The van der Waals surface area contributed by atoms with Crippen molar-refractivity contribution in [3.63, 3.8) is 0 Å². The van der Waals surface area contributed by atoms with Gasteiger partial charge in [-0.15, -0.1) is 11.3 Å². The van der Waals surface area contributed by atoms with Gasteiger partial charge in [0.15, 0.2) is 0 Å². The minimum atomic E-state index is -0.155. The van der Waals surface area contributed by atoms with E-state index < -0.39 is 0 Å². The van der Waals surface area contributed by atoms with Gasteiger partial charge in [0, 0.05) is 21.8 Å². The fourth-order valence-corrected chi connectivity index (χ4v) is 3.28. The average Bonchev–Trinajstić information content (AvgIpc) is 2.68. The van der Waals surface area contributed by atoms with E-state index in [0.29, 0.717) is 6.04 Å². The molecule has 1 aromatic rings. The van der Waals surface area contributed by atoms with Crippen LogP contribution in [0, 0.1) is 6.92 Å².